The molecule has 0 radical (unpaired) electrons. The number of terminal acetylenes is 1. The van der Waals surface area contributed by atoms with Crippen molar-refractivity contribution in [3.05, 3.63) is 29.8 Å². The number of carbonyl (C=O) groups excluding carboxylic acids is 1. The predicted octanol–water partition coefficient (Wildman–Crippen LogP) is 1.48. The number of methoxy groups -OCH3 is 1. The molecule has 0 heterocycles. The normalized spacial score (nSPS) is 12.4. The summed E-state index contributed by atoms with van der Waals surface area (Å²) in [4.78, 5) is 11.3. The average molecular weight is 309 g/mol. The van der Waals surface area contributed by atoms with Gasteiger partial charge in [-0.15, -0.1) is 12.3 Å². The Morgan fingerprint density at radius 3 is 2.48 bits per heavy atom. The van der Waals surface area contributed by atoms with E-state index in [1.54, 1.807) is 12.1 Å². The summed E-state index contributed by atoms with van der Waals surface area (Å²) in [7, 11) is -2.30. The summed E-state index contributed by atoms with van der Waals surface area (Å²) in [5.74, 6) is 2.08. The SMILES string of the molecule is C#CCC(CC)NS(=O)(=O)c1ccc(CC(=O)OC)cc1. The summed E-state index contributed by atoms with van der Waals surface area (Å²) in [5.41, 5.74) is 0.691. The maximum absolute atomic E-state index is 12.2. The Labute approximate surface area is 125 Å². The molecule has 0 amide bonds. The van der Waals surface area contributed by atoms with Gasteiger partial charge < -0.3 is 4.74 Å². The molecule has 0 aliphatic heterocycles. The van der Waals surface area contributed by atoms with Crippen molar-refractivity contribution in [3.8, 4) is 12.3 Å². The summed E-state index contributed by atoms with van der Waals surface area (Å²) in [6.07, 6.45) is 6.28. The van der Waals surface area contributed by atoms with Crippen LogP contribution in [-0.2, 0) is 26.0 Å². The van der Waals surface area contributed by atoms with Crippen molar-refractivity contribution >= 4 is 16.0 Å². The molecule has 0 aliphatic rings. The fourth-order valence-electron chi connectivity index (χ4n) is 1.72. The van der Waals surface area contributed by atoms with Crippen molar-refractivity contribution in [3.63, 3.8) is 0 Å². The van der Waals surface area contributed by atoms with Crippen LogP contribution in [0.4, 0.5) is 0 Å². The quantitative estimate of drug-likeness (QED) is 0.612. The van der Waals surface area contributed by atoms with Crippen LogP contribution in [0.15, 0.2) is 29.2 Å². The van der Waals surface area contributed by atoms with Crippen LogP contribution in [0.1, 0.15) is 25.3 Å². The second-order valence-electron chi connectivity index (χ2n) is 4.53. The van der Waals surface area contributed by atoms with Crippen molar-refractivity contribution in [1.29, 1.82) is 0 Å². The first-order chi connectivity index (χ1) is 9.92. The molecule has 0 fully saturated rings. The molecule has 1 N–H and O–H groups in total. The lowest BCUT2D eigenvalue weighted by Gasteiger charge is -2.14. The molecule has 0 bridgehead atoms. The second-order valence-corrected chi connectivity index (χ2v) is 6.25. The van der Waals surface area contributed by atoms with Crippen LogP contribution in [0.25, 0.3) is 0 Å². The molecule has 1 atom stereocenters. The molecular weight excluding hydrogens is 290 g/mol. The lowest BCUT2D eigenvalue weighted by molar-refractivity contribution is -0.139. The van der Waals surface area contributed by atoms with E-state index in [2.05, 4.69) is 15.4 Å². The molecule has 0 aliphatic carbocycles. The Morgan fingerprint density at radius 2 is 2.00 bits per heavy atom. The molecule has 0 aromatic heterocycles. The van der Waals surface area contributed by atoms with Gasteiger partial charge in [-0.2, -0.15) is 0 Å². The van der Waals surface area contributed by atoms with E-state index >= 15 is 0 Å². The van der Waals surface area contributed by atoms with E-state index in [-0.39, 0.29) is 23.3 Å². The molecule has 21 heavy (non-hydrogen) atoms. The lowest BCUT2D eigenvalue weighted by atomic mass is 10.2. The van der Waals surface area contributed by atoms with Gasteiger partial charge in [0.2, 0.25) is 10.0 Å². The number of hydrogen-bond donors (Lipinski definition) is 1. The van der Waals surface area contributed by atoms with Gasteiger partial charge in [0.15, 0.2) is 0 Å². The Bertz CT molecular complexity index is 614. The van der Waals surface area contributed by atoms with Crippen LogP contribution in [0.2, 0.25) is 0 Å². The van der Waals surface area contributed by atoms with Gasteiger partial charge in [-0.1, -0.05) is 19.1 Å². The molecule has 0 spiro atoms. The van der Waals surface area contributed by atoms with Gasteiger partial charge in [-0.25, -0.2) is 13.1 Å². The Balaban J connectivity index is 2.85. The van der Waals surface area contributed by atoms with E-state index in [1.807, 2.05) is 6.92 Å². The highest BCUT2D eigenvalue weighted by atomic mass is 32.2. The van der Waals surface area contributed by atoms with E-state index in [9.17, 15) is 13.2 Å². The number of rotatable bonds is 7. The molecule has 5 nitrogen and oxygen atoms in total. The van der Waals surface area contributed by atoms with Gasteiger partial charge in [0.1, 0.15) is 0 Å². The number of hydrogen-bond acceptors (Lipinski definition) is 4. The fraction of sp³-hybridized carbons (Fsp3) is 0.400. The standard InChI is InChI=1S/C15H19NO4S/c1-4-6-13(5-2)16-21(18,19)14-9-7-12(8-10-14)11-15(17)20-3/h1,7-10,13,16H,5-6,11H2,2-3H3. The maximum atomic E-state index is 12.2. The fourth-order valence-corrected chi connectivity index (χ4v) is 3.04. The number of ether oxygens (including phenoxy) is 1. The van der Waals surface area contributed by atoms with Crippen LogP contribution in [0, 0.1) is 12.3 Å². The average Bonchev–Trinajstić information content (AvgIpc) is 2.47. The first-order valence-corrected chi connectivity index (χ1v) is 8.02. The smallest absolute Gasteiger partial charge is 0.309 e. The van der Waals surface area contributed by atoms with Crippen LogP contribution < -0.4 is 4.72 Å². The molecule has 1 unspecified atom stereocenters. The molecule has 0 saturated heterocycles. The highest BCUT2D eigenvalue weighted by molar-refractivity contribution is 7.89. The Kier molecular flexibility index (Phi) is 6.40. The number of carbonyl (C=O) groups is 1. The van der Waals surface area contributed by atoms with Gasteiger partial charge in [-0.05, 0) is 24.1 Å². The van der Waals surface area contributed by atoms with Gasteiger partial charge in [0.25, 0.3) is 0 Å². The van der Waals surface area contributed by atoms with Gasteiger partial charge >= 0.3 is 5.97 Å². The van der Waals surface area contributed by atoms with Crippen LogP contribution in [0.5, 0.6) is 0 Å². The number of benzene rings is 1. The summed E-state index contributed by atoms with van der Waals surface area (Å²) in [6.45, 7) is 1.87. The summed E-state index contributed by atoms with van der Waals surface area (Å²) >= 11 is 0. The minimum absolute atomic E-state index is 0.110. The summed E-state index contributed by atoms with van der Waals surface area (Å²) < 4.78 is 31.5. The zero-order chi connectivity index (χ0) is 15.9. The third kappa shape index (κ3) is 5.21. The molecule has 6 heteroatoms. The zero-order valence-corrected chi connectivity index (χ0v) is 12.9. The number of esters is 1. The summed E-state index contributed by atoms with van der Waals surface area (Å²) in [5, 5.41) is 0. The Morgan fingerprint density at radius 1 is 1.38 bits per heavy atom. The van der Waals surface area contributed by atoms with Crippen molar-refractivity contribution in [2.45, 2.75) is 37.1 Å². The third-order valence-corrected chi connectivity index (χ3v) is 4.53. The predicted molar refractivity (Wildman–Crippen MR) is 80.0 cm³/mol. The van der Waals surface area contributed by atoms with Gasteiger partial charge in [0, 0.05) is 12.5 Å². The minimum Gasteiger partial charge on any atom is -0.469 e. The maximum Gasteiger partial charge on any atom is 0.309 e. The van der Waals surface area contributed by atoms with Gasteiger partial charge in [0.05, 0.1) is 18.4 Å². The van der Waals surface area contributed by atoms with E-state index in [0.29, 0.717) is 18.4 Å². The van der Waals surface area contributed by atoms with Crippen molar-refractivity contribution in [1.82, 2.24) is 4.72 Å². The molecular formula is C15H19NO4S. The van der Waals surface area contributed by atoms with E-state index in [1.165, 1.54) is 19.2 Å². The van der Waals surface area contributed by atoms with Crippen molar-refractivity contribution in [2.75, 3.05) is 7.11 Å². The molecule has 1 aromatic rings. The first-order valence-electron chi connectivity index (χ1n) is 6.54. The Hall–Kier alpha value is -1.84. The third-order valence-electron chi connectivity index (χ3n) is 2.99. The monoisotopic (exact) mass is 309 g/mol. The summed E-state index contributed by atoms with van der Waals surface area (Å²) in [6, 6.07) is 5.82. The topological polar surface area (TPSA) is 72.5 Å². The number of sulfonamides is 1. The van der Waals surface area contributed by atoms with Crippen molar-refractivity contribution < 1.29 is 17.9 Å². The zero-order valence-electron chi connectivity index (χ0n) is 12.1. The highest BCUT2D eigenvalue weighted by Gasteiger charge is 2.18. The lowest BCUT2D eigenvalue weighted by Crippen LogP contribution is -2.34. The molecule has 0 saturated carbocycles. The van der Waals surface area contributed by atoms with Crippen LogP contribution >= 0.6 is 0 Å². The number of nitrogens with one attached hydrogen (secondary N) is 1. The first kappa shape index (κ1) is 17.2. The highest BCUT2D eigenvalue weighted by Crippen LogP contribution is 2.13. The van der Waals surface area contributed by atoms with Crippen molar-refractivity contribution in [2.24, 2.45) is 0 Å². The van der Waals surface area contributed by atoms with E-state index < -0.39 is 10.0 Å². The van der Waals surface area contributed by atoms with Crippen LogP contribution in [0.3, 0.4) is 0 Å². The largest absolute Gasteiger partial charge is 0.469 e. The minimum atomic E-state index is -3.61. The van der Waals surface area contributed by atoms with E-state index in [4.69, 9.17) is 6.42 Å². The molecule has 114 valence electrons. The molecule has 1 rings (SSSR count). The van der Waals surface area contributed by atoms with Crippen LogP contribution in [-0.4, -0.2) is 27.5 Å². The second kappa shape index (κ2) is 7.81. The molecule has 1 aromatic carbocycles. The van der Waals surface area contributed by atoms with E-state index in [0.717, 1.165) is 0 Å². The van der Waals surface area contributed by atoms with Gasteiger partial charge in [-0.3, -0.25) is 4.79 Å².